The van der Waals surface area contributed by atoms with Gasteiger partial charge in [0.05, 0.1) is 5.75 Å². The molecule has 0 radical (unpaired) electrons. The first-order chi connectivity index (χ1) is 9.15. The topological polar surface area (TPSA) is 55.1 Å². The number of carbonyl (C=O) groups is 1. The van der Waals surface area contributed by atoms with Crippen LogP contribution in [0.15, 0.2) is 40.9 Å². The van der Waals surface area contributed by atoms with E-state index in [-0.39, 0.29) is 11.2 Å². The zero-order valence-electron chi connectivity index (χ0n) is 10.9. The maximum absolute atomic E-state index is 11.7. The third kappa shape index (κ3) is 4.13. The molecule has 4 nitrogen and oxygen atoms in total. The SMILES string of the molecule is Cc1cc(NC(=O)CSC(C)c2ccccc2)no1. The van der Waals surface area contributed by atoms with Crippen molar-refractivity contribution in [1.82, 2.24) is 5.16 Å². The highest BCUT2D eigenvalue weighted by Gasteiger charge is 2.10. The highest BCUT2D eigenvalue weighted by atomic mass is 32.2. The number of amides is 1. The number of benzene rings is 1. The summed E-state index contributed by atoms with van der Waals surface area (Å²) in [6, 6.07) is 11.8. The van der Waals surface area contributed by atoms with Gasteiger partial charge in [0.15, 0.2) is 5.82 Å². The van der Waals surface area contributed by atoms with Crippen LogP contribution in [0.4, 0.5) is 5.82 Å². The molecule has 0 spiro atoms. The Balaban J connectivity index is 1.80. The Morgan fingerprint density at radius 2 is 2.16 bits per heavy atom. The summed E-state index contributed by atoms with van der Waals surface area (Å²) in [7, 11) is 0. The molecule has 19 heavy (non-hydrogen) atoms. The van der Waals surface area contributed by atoms with E-state index in [1.165, 1.54) is 5.56 Å². The van der Waals surface area contributed by atoms with E-state index in [9.17, 15) is 4.79 Å². The summed E-state index contributed by atoms with van der Waals surface area (Å²) in [6.45, 7) is 3.88. The number of aromatic nitrogens is 1. The molecule has 1 aromatic carbocycles. The van der Waals surface area contributed by atoms with Crippen LogP contribution >= 0.6 is 11.8 Å². The molecule has 5 heteroatoms. The number of aryl methyl sites for hydroxylation is 1. The summed E-state index contributed by atoms with van der Waals surface area (Å²) in [6.07, 6.45) is 0. The van der Waals surface area contributed by atoms with Gasteiger partial charge in [0.25, 0.3) is 0 Å². The molecule has 0 aliphatic heterocycles. The van der Waals surface area contributed by atoms with E-state index >= 15 is 0 Å². The lowest BCUT2D eigenvalue weighted by Gasteiger charge is -2.10. The predicted molar refractivity (Wildman–Crippen MR) is 77.2 cm³/mol. The van der Waals surface area contributed by atoms with Gasteiger partial charge in [-0.25, -0.2) is 0 Å². The Labute approximate surface area is 116 Å². The second-order valence-corrected chi connectivity index (χ2v) is 5.56. The van der Waals surface area contributed by atoms with Gasteiger partial charge in [-0.15, -0.1) is 11.8 Å². The average Bonchev–Trinajstić information content (AvgIpc) is 2.82. The van der Waals surface area contributed by atoms with Gasteiger partial charge >= 0.3 is 0 Å². The van der Waals surface area contributed by atoms with E-state index in [1.54, 1.807) is 24.8 Å². The number of rotatable bonds is 5. The van der Waals surface area contributed by atoms with Crippen LogP contribution in [-0.2, 0) is 4.79 Å². The van der Waals surface area contributed by atoms with Crippen molar-refractivity contribution in [3.8, 4) is 0 Å². The molecule has 2 aromatic rings. The molecule has 0 saturated heterocycles. The second kappa shape index (κ2) is 6.43. The fourth-order valence-electron chi connectivity index (χ4n) is 1.63. The van der Waals surface area contributed by atoms with E-state index in [0.29, 0.717) is 17.3 Å². The number of carbonyl (C=O) groups excluding carboxylic acids is 1. The van der Waals surface area contributed by atoms with Crippen LogP contribution in [0.1, 0.15) is 23.5 Å². The van der Waals surface area contributed by atoms with E-state index in [2.05, 4.69) is 29.5 Å². The zero-order chi connectivity index (χ0) is 13.7. The summed E-state index contributed by atoms with van der Waals surface area (Å²) in [5.74, 6) is 1.47. The number of nitrogens with zero attached hydrogens (tertiary/aromatic N) is 1. The van der Waals surface area contributed by atoms with Gasteiger partial charge in [-0.05, 0) is 19.4 Å². The van der Waals surface area contributed by atoms with Crippen molar-refractivity contribution in [3.63, 3.8) is 0 Å². The summed E-state index contributed by atoms with van der Waals surface area (Å²) in [4.78, 5) is 11.7. The van der Waals surface area contributed by atoms with Crippen molar-refractivity contribution in [3.05, 3.63) is 47.7 Å². The van der Waals surface area contributed by atoms with Gasteiger partial charge < -0.3 is 9.84 Å². The predicted octanol–water partition coefficient (Wildman–Crippen LogP) is 3.42. The maximum atomic E-state index is 11.7. The van der Waals surface area contributed by atoms with Crippen molar-refractivity contribution < 1.29 is 9.32 Å². The molecular formula is C14H16N2O2S. The van der Waals surface area contributed by atoms with Crippen LogP contribution in [-0.4, -0.2) is 16.8 Å². The van der Waals surface area contributed by atoms with Crippen LogP contribution in [0.3, 0.4) is 0 Å². The second-order valence-electron chi connectivity index (χ2n) is 4.23. The number of hydrogen-bond acceptors (Lipinski definition) is 4. The summed E-state index contributed by atoms with van der Waals surface area (Å²) in [5, 5.41) is 6.71. The van der Waals surface area contributed by atoms with E-state index in [4.69, 9.17) is 4.52 Å². The molecule has 0 fully saturated rings. The minimum absolute atomic E-state index is 0.0684. The van der Waals surface area contributed by atoms with Crippen LogP contribution in [0.25, 0.3) is 0 Å². The van der Waals surface area contributed by atoms with Gasteiger partial charge in [0.2, 0.25) is 5.91 Å². The fraction of sp³-hybridized carbons (Fsp3) is 0.286. The van der Waals surface area contributed by atoms with Crippen LogP contribution < -0.4 is 5.32 Å². The normalized spacial score (nSPS) is 12.1. The number of nitrogens with one attached hydrogen (secondary N) is 1. The minimum atomic E-state index is -0.0684. The molecule has 1 aromatic heterocycles. The first-order valence-corrected chi connectivity index (χ1v) is 7.10. The molecule has 0 saturated carbocycles. The molecule has 0 aliphatic carbocycles. The van der Waals surface area contributed by atoms with Crippen molar-refractivity contribution >= 4 is 23.5 Å². The average molecular weight is 276 g/mol. The zero-order valence-corrected chi connectivity index (χ0v) is 11.7. The third-order valence-corrected chi connectivity index (χ3v) is 3.83. The molecule has 1 atom stereocenters. The van der Waals surface area contributed by atoms with E-state index in [1.807, 2.05) is 18.2 Å². The molecule has 100 valence electrons. The Kier molecular flexibility index (Phi) is 4.63. The first-order valence-electron chi connectivity index (χ1n) is 6.05. The van der Waals surface area contributed by atoms with Gasteiger partial charge in [-0.1, -0.05) is 35.5 Å². The molecule has 1 unspecified atom stereocenters. The maximum Gasteiger partial charge on any atom is 0.235 e. The molecule has 1 heterocycles. The molecule has 2 rings (SSSR count). The van der Waals surface area contributed by atoms with Gasteiger partial charge in [-0.2, -0.15) is 0 Å². The quantitative estimate of drug-likeness (QED) is 0.909. The van der Waals surface area contributed by atoms with Gasteiger partial charge in [0, 0.05) is 11.3 Å². The fourth-order valence-corrected chi connectivity index (χ4v) is 2.45. The molecular weight excluding hydrogens is 260 g/mol. The Morgan fingerprint density at radius 3 is 2.79 bits per heavy atom. The molecule has 1 amide bonds. The van der Waals surface area contributed by atoms with Crippen LogP contribution in [0.5, 0.6) is 0 Å². The summed E-state index contributed by atoms with van der Waals surface area (Å²) < 4.78 is 4.89. The smallest absolute Gasteiger partial charge is 0.235 e. The summed E-state index contributed by atoms with van der Waals surface area (Å²) >= 11 is 1.59. The van der Waals surface area contributed by atoms with Crippen LogP contribution in [0.2, 0.25) is 0 Å². The number of anilines is 1. The molecule has 0 aliphatic rings. The molecule has 1 N–H and O–H groups in total. The number of thioether (sulfide) groups is 1. The Hall–Kier alpha value is -1.75. The number of hydrogen-bond donors (Lipinski definition) is 1. The van der Waals surface area contributed by atoms with Crippen molar-refractivity contribution in [2.75, 3.05) is 11.1 Å². The lowest BCUT2D eigenvalue weighted by Crippen LogP contribution is -2.14. The third-order valence-electron chi connectivity index (χ3n) is 2.63. The summed E-state index contributed by atoms with van der Waals surface area (Å²) in [5.41, 5.74) is 1.22. The highest BCUT2D eigenvalue weighted by Crippen LogP contribution is 2.27. The Bertz CT molecular complexity index is 539. The lowest BCUT2D eigenvalue weighted by atomic mass is 10.2. The van der Waals surface area contributed by atoms with Gasteiger partial charge in [-0.3, -0.25) is 4.79 Å². The Morgan fingerprint density at radius 1 is 1.42 bits per heavy atom. The van der Waals surface area contributed by atoms with Crippen molar-refractivity contribution in [2.45, 2.75) is 19.1 Å². The monoisotopic (exact) mass is 276 g/mol. The molecule has 0 bridgehead atoms. The largest absolute Gasteiger partial charge is 0.360 e. The first kappa shape index (κ1) is 13.7. The standard InChI is InChI=1S/C14H16N2O2S/c1-10-8-13(16-18-10)15-14(17)9-19-11(2)12-6-4-3-5-7-12/h3-8,11H,9H2,1-2H3,(H,15,16,17). The van der Waals surface area contributed by atoms with E-state index < -0.39 is 0 Å². The minimum Gasteiger partial charge on any atom is -0.360 e. The van der Waals surface area contributed by atoms with Crippen molar-refractivity contribution in [1.29, 1.82) is 0 Å². The van der Waals surface area contributed by atoms with Crippen LogP contribution in [0, 0.1) is 6.92 Å². The van der Waals surface area contributed by atoms with Gasteiger partial charge in [0.1, 0.15) is 5.76 Å². The van der Waals surface area contributed by atoms with E-state index in [0.717, 1.165) is 0 Å². The lowest BCUT2D eigenvalue weighted by molar-refractivity contribution is -0.113. The van der Waals surface area contributed by atoms with Crippen molar-refractivity contribution in [2.24, 2.45) is 0 Å². The highest BCUT2D eigenvalue weighted by molar-refractivity contribution is 8.00.